The van der Waals surface area contributed by atoms with Crippen LogP contribution in [0.3, 0.4) is 0 Å². The normalized spacial score (nSPS) is 15.1. The molecule has 1 saturated heterocycles. The van der Waals surface area contributed by atoms with Gasteiger partial charge in [0.25, 0.3) is 5.91 Å². The Kier molecular flexibility index (Phi) is 7.30. The predicted octanol–water partition coefficient (Wildman–Crippen LogP) is 6.30. The van der Waals surface area contributed by atoms with Gasteiger partial charge in [-0.15, -0.1) is 0 Å². The van der Waals surface area contributed by atoms with Crippen LogP contribution in [0.25, 0.3) is 11.1 Å². The topological polar surface area (TPSA) is 79.7 Å². The Hall–Kier alpha value is -4.52. The van der Waals surface area contributed by atoms with E-state index in [1.807, 2.05) is 60.8 Å². The molecule has 7 nitrogen and oxygen atoms in total. The number of ether oxygens (including phenoxy) is 1. The molecule has 2 aromatic heterocycles. The molecule has 1 amide bonds. The summed E-state index contributed by atoms with van der Waals surface area (Å²) in [5.74, 6) is 2.15. The molecule has 0 spiro atoms. The number of benzene rings is 2. The minimum atomic E-state index is -0.220. The van der Waals surface area contributed by atoms with Crippen LogP contribution in [0.2, 0.25) is 0 Å². The van der Waals surface area contributed by atoms with Crippen molar-refractivity contribution in [3.05, 3.63) is 96.4 Å². The van der Waals surface area contributed by atoms with Crippen LogP contribution in [0.15, 0.2) is 90.3 Å². The van der Waals surface area contributed by atoms with Gasteiger partial charge >= 0.3 is 0 Å². The maximum atomic E-state index is 13.5. The Morgan fingerprint density at radius 2 is 1.69 bits per heavy atom. The summed E-state index contributed by atoms with van der Waals surface area (Å²) in [7, 11) is 0. The lowest BCUT2D eigenvalue weighted by Crippen LogP contribution is -2.30. The molecular weight excluding hydrogens is 486 g/mol. The summed E-state index contributed by atoms with van der Waals surface area (Å²) in [5.41, 5.74) is 4.96. The molecule has 6 rings (SSSR count). The van der Waals surface area contributed by atoms with E-state index >= 15 is 0 Å². The molecule has 7 heteroatoms. The standard InChI is InChI=1S/C32H31N5O2/c38-32(36-26-13-14-30(35-21-26)37-16-5-2-6-17-37)31-29-19-24(12-11-23(29)8-7-15-34-31)25-18-28(22-33-20-25)39-27-9-3-1-4-10-27/h1,3-4,9-14,18-22H,2,5-8,15-17H2,(H,36,38). The molecule has 196 valence electrons. The first-order chi connectivity index (χ1) is 19.2. The van der Waals surface area contributed by atoms with Gasteiger partial charge in [0.15, 0.2) is 0 Å². The van der Waals surface area contributed by atoms with Crippen molar-refractivity contribution in [2.24, 2.45) is 4.99 Å². The van der Waals surface area contributed by atoms with Crippen LogP contribution >= 0.6 is 0 Å². The largest absolute Gasteiger partial charge is 0.456 e. The monoisotopic (exact) mass is 517 g/mol. The number of pyridine rings is 2. The maximum absolute atomic E-state index is 13.5. The number of hydrogen-bond donors (Lipinski definition) is 1. The summed E-state index contributed by atoms with van der Waals surface area (Å²) in [6.45, 7) is 2.68. The highest BCUT2D eigenvalue weighted by Gasteiger charge is 2.21. The van der Waals surface area contributed by atoms with Crippen LogP contribution in [0.5, 0.6) is 11.5 Å². The molecule has 0 bridgehead atoms. The van der Waals surface area contributed by atoms with Crippen LogP contribution in [0.1, 0.15) is 36.8 Å². The van der Waals surface area contributed by atoms with Crippen molar-refractivity contribution in [3.63, 3.8) is 0 Å². The van der Waals surface area contributed by atoms with E-state index in [0.717, 1.165) is 59.8 Å². The van der Waals surface area contributed by atoms with Crippen LogP contribution in [0, 0.1) is 0 Å². The van der Waals surface area contributed by atoms with E-state index in [0.29, 0.717) is 23.7 Å². The summed E-state index contributed by atoms with van der Waals surface area (Å²) in [6.07, 6.45) is 10.7. The molecule has 39 heavy (non-hydrogen) atoms. The first kappa shape index (κ1) is 24.8. The lowest BCUT2D eigenvalue weighted by molar-refractivity contribution is -0.110. The number of nitrogens with zero attached hydrogens (tertiary/aromatic N) is 4. The van der Waals surface area contributed by atoms with Gasteiger partial charge in [-0.1, -0.05) is 30.3 Å². The average Bonchev–Trinajstić information content (AvgIpc) is 3.21. The van der Waals surface area contributed by atoms with Gasteiger partial charge in [0, 0.05) is 37.0 Å². The molecule has 2 aliphatic heterocycles. The van der Waals surface area contributed by atoms with Crippen LogP contribution in [-0.4, -0.2) is 41.2 Å². The zero-order valence-electron chi connectivity index (χ0n) is 21.8. The molecule has 2 aromatic carbocycles. The highest BCUT2D eigenvalue weighted by Crippen LogP contribution is 2.29. The molecule has 4 aromatic rings. The number of aromatic nitrogens is 2. The number of anilines is 2. The number of carbonyl (C=O) groups is 1. The van der Waals surface area contributed by atoms with Crippen molar-refractivity contribution >= 4 is 23.1 Å². The first-order valence-electron chi connectivity index (χ1n) is 13.6. The fourth-order valence-electron chi connectivity index (χ4n) is 5.15. The van der Waals surface area contributed by atoms with Gasteiger partial charge < -0.3 is 15.0 Å². The third-order valence-electron chi connectivity index (χ3n) is 7.17. The highest BCUT2D eigenvalue weighted by molar-refractivity contribution is 6.49. The van der Waals surface area contributed by atoms with Crippen LogP contribution in [-0.2, 0) is 11.2 Å². The summed E-state index contributed by atoms with van der Waals surface area (Å²) in [5, 5.41) is 3.02. The number of para-hydroxylation sites is 1. The zero-order chi connectivity index (χ0) is 26.4. The third-order valence-corrected chi connectivity index (χ3v) is 7.17. The quantitative estimate of drug-likeness (QED) is 0.325. The Balaban J connectivity index is 1.23. The molecule has 4 heterocycles. The van der Waals surface area contributed by atoms with Gasteiger partial charge in [-0.2, -0.15) is 0 Å². The molecule has 1 N–H and O–H groups in total. The fraction of sp³-hybridized carbons (Fsp3) is 0.250. The van der Waals surface area contributed by atoms with E-state index in [1.165, 1.54) is 19.3 Å². The van der Waals surface area contributed by atoms with Crippen molar-refractivity contribution in [3.8, 4) is 22.6 Å². The summed E-state index contributed by atoms with van der Waals surface area (Å²) in [4.78, 5) is 29.5. The van der Waals surface area contributed by atoms with E-state index in [4.69, 9.17) is 9.73 Å². The SMILES string of the molecule is O=C(Nc1ccc(N2CCCCC2)nc1)C1=NCCCc2ccc(-c3cncc(Oc4ccccc4)c3)cc21. The number of amides is 1. The Labute approximate surface area is 228 Å². The van der Waals surface area contributed by atoms with Gasteiger partial charge in [0.2, 0.25) is 0 Å². The van der Waals surface area contributed by atoms with Crippen molar-refractivity contribution in [2.75, 3.05) is 29.9 Å². The first-order valence-corrected chi connectivity index (χ1v) is 13.6. The van der Waals surface area contributed by atoms with Gasteiger partial charge in [-0.25, -0.2) is 4.98 Å². The lowest BCUT2D eigenvalue weighted by atomic mass is 9.95. The summed E-state index contributed by atoms with van der Waals surface area (Å²) in [6, 6.07) is 21.7. The molecule has 0 aliphatic carbocycles. The fourth-order valence-corrected chi connectivity index (χ4v) is 5.15. The molecule has 0 unspecified atom stereocenters. The highest BCUT2D eigenvalue weighted by atomic mass is 16.5. The Morgan fingerprint density at radius 1 is 0.821 bits per heavy atom. The lowest BCUT2D eigenvalue weighted by Gasteiger charge is -2.27. The number of carbonyl (C=O) groups excluding carboxylic acids is 1. The Bertz CT molecular complexity index is 1480. The van der Waals surface area contributed by atoms with Crippen LogP contribution < -0.4 is 15.0 Å². The number of nitrogens with one attached hydrogen (secondary N) is 1. The third kappa shape index (κ3) is 5.82. The van der Waals surface area contributed by atoms with Gasteiger partial charge in [-0.3, -0.25) is 14.8 Å². The van der Waals surface area contributed by atoms with Crippen molar-refractivity contribution < 1.29 is 9.53 Å². The van der Waals surface area contributed by atoms with E-state index in [-0.39, 0.29) is 5.91 Å². The number of rotatable bonds is 6. The van der Waals surface area contributed by atoms with Crippen molar-refractivity contribution in [2.45, 2.75) is 32.1 Å². The molecule has 1 fully saturated rings. The molecule has 0 saturated carbocycles. The second kappa shape index (κ2) is 11.5. The molecule has 0 radical (unpaired) electrons. The summed E-state index contributed by atoms with van der Waals surface area (Å²) < 4.78 is 5.99. The number of aryl methyl sites for hydroxylation is 1. The number of fused-ring (bicyclic) bond motifs is 1. The van der Waals surface area contributed by atoms with Crippen LogP contribution in [0.4, 0.5) is 11.5 Å². The smallest absolute Gasteiger partial charge is 0.274 e. The zero-order valence-corrected chi connectivity index (χ0v) is 21.8. The van der Waals surface area contributed by atoms with E-state index in [1.54, 1.807) is 12.4 Å². The van der Waals surface area contributed by atoms with E-state index in [2.05, 4.69) is 32.3 Å². The molecule has 0 atom stereocenters. The Morgan fingerprint density at radius 3 is 2.51 bits per heavy atom. The summed E-state index contributed by atoms with van der Waals surface area (Å²) >= 11 is 0. The van der Waals surface area contributed by atoms with Gasteiger partial charge in [0.1, 0.15) is 23.0 Å². The van der Waals surface area contributed by atoms with Crippen molar-refractivity contribution in [1.82, 2.24) is 9.97 Å². The van der Waals surface area contributed by atoms with E-state index in [9.17, 15) is 4.79 Å². The number of hydrogen-bond acceptors (Lipinski definition) is 6. The molecule has 2 aliphatic rings. The second-order valence-corrected chi connectivity index (χ2v) is 9.94. The second-order valence-electron chi connectivity index (χ2n) is 9.94. The number of aliphatic imine (C=N–C) groups is 1. The van der Waals surface area contributed by atoms with Gasteiger partial charge in [-0.05, 0) is 79.6 Å². The molecular formula is C32H31N5O2. The predicted molar refractivity (Wildman–Crippen MR) is 155 cm³/mol. The number of piperidine rings is 1. The average molecular weight is 518 g/mol. The minimum absolute atomic E-state index is 0.220. The minimum Gasteiger partial charge on any atom is -0.456 e. The van der Waals surface area contributed by atoms with Crippen molar-refractivity contribution in [1.29, 1.82) is 0 Å². The van der Waals surface area contributed by atoms with E-state index < -0.39 is 0 Å². The maximum Gasteiger partial charge on any atom is 0.274 e. The van der Waals surface area contributed by atoms with Gasteiger partial charge in [0.05, 0.1) is 18.1 Å².